The summed E-state index contributed by atoms with van der Waals surface area (Å²) in [5.74, 6) is -2.93. The number of esters is 2. The summed E-state index contributed by atoms with van der Waals surface area (Å²) in [4.78, 5) is 42.5. The van der Waals surface area contributed by atoms with Gasteiger partial charge in [-0.2, -0.15) is 5.26 Å². The minimum absolute atomic E-state index is 0.0467. The van der Waals surface area contributed by atoms with E-state index in [4.69, 9.17) is 19.9 Å². The predicted octanol–water partition coefficient (Wildman–Crippen LogP) is 2.62. The average Bonchev–Trinajstić information content (AvgIpc) is 2.96. The lowest BCUT2D eigenvalue weighted by Crippen LogP contribution is -2.42. The van der Waals surface area contributed by atoms with Gasteiger partial charge < -0.3 is 24.8 Å². The lowest BCUT2D eigenvalue weighted by atomic mass is 9.80. The summed E-state index contributed by atoms with van der Waals surface area (Å²) >= 11 is 0. The number of rotatable bonds is 6. The van der Waals surface area contributed by atoms with E-state index in [9.17, 15) is 19.6 Å². The van der Waals surface area contributed by atoms with Crippen molar-refractivity contribution in [2.24, 2.45) is 5.73 Å². The van der Waals surface area contributed by atoms with Crippen LogP contribution < -0.4 is 15.5 Å². The first-order chi connectivity index (χ1) is 18.3. The van der Waals surface area contributed by atoms with E-state index in [1.165, 1.54) is 26.0 Å². The van der Waals surface area contributed by atoms with E-state index >= 15 is 0 Å². The van der Waals surface area contributed by atoms with Gasteiger partial charge in [0.05, 0.1) is 61.9 Å². The molecule has 0 spiro atoms. The Morgan fingerprint density at radius 1 is 1.00 bits per heavy atom. The number of carbonyl (C=O) groups excluding carboxylic acids is 3. The highest BCUT2D eigenvalue weighted by atomic mass is 16.5. The number of morpholine rings is 1. The molecule has 1 fully saturated rings. The number of methoxy groups -OCH3 is 2. The van der Waals surface area contributed by atoms with Gasteiger partial charge in [0.25, 0.3) is 0 Å². The highest BCUT2D eigenvalue weighted by molar-refractivity contribution is 6.07. The van der Waals surface area contributed by atoms with Crippen LogP contribution in [0.15, 0.2) is 71.2 Å². The first-order valence-corrected chi connectivity index (χ1v) is 12.0. The average molecular weight is 517 g/mol. The molecule has 196 valence electrons. The van der Waals surface area contributed by atoms with Gasteiger partial charge in [-0.05, 0) is 30.7 Å². The number of nitriles is 1. The van der Waals surface area contributed by atoms with Crippen LogP contribution >= 0.6 is 0 Å². The number of carbonyl (C=O) groups is 3. The summed E-state index contributed by atoms with van der Waals surface area (Å²) < 4.78 is 15.7. The summed E-state index contributed by atoms with van der Waals surface area (Å²) in [6, 6.07) is 16.0. The Kier molecular flexibility index (Phi) is 7.79. The topological polar surface area (TPSA) is 135 Å². The van der Waals surface area contributed by atoms with E-state index in [1.807, 2.05) is 4.90 Å². The molecule has 10 heteroatoms. The number of Topliss-reactive ketones (excluding diaryl/α,β-unsaturated/α-hetero) is 1. The largest absolute Gasteiger partial charge is 0.466 e. The molecule has 0 bridgehead atoms. The van der Waals surface area contributed by atoms with Crippen LogP contribution in [0.4, 0.5) is 11.4 Å². The van der Waals surface area contributed by atoms with Gasteiger partial charge in [0.1, 0.15) is 11.5 Å². The zero-order valence-electron chi connectivity index (χ0n) is 21.4. The molecule has 0 radical (unpaired) electrons. The lowest BCUT2D eigenvalue weighted by molar-refractivity contribution is -0.139. The molecule has 38 heavy (non-hydrogen) atoms. The molecule has 1 unspecified atom stereocenters. The number of ketones is 1. The van der Waals surface area contributed by atoms with Gasteiger partial charge in [-0.3, -0.25) is 9.69 Å². The fraction of sp³-hybridized carbons (Fsp3) is 0.286. The van der Waals surface area contributed by atoms with Crippen LogP contribution in [0.25, 0.3) is 0 Å². The number of hydrogen-bond donors (Lipinski definition) is 1. The van der Waals surface area contributed by atoms with Crippen molar-refractivity contribution in [2.45, 2.75) is 12.8 Å². The van der Waals surface area contributed by atoms with E-state index in [2.05, 4.69) is 6.07 Å². The van der Waals surface area contributed by atoms with Crippen molar-refractivity contribution in [3.8, 4) is 6.07 Å². The number of benzene rings is 2. The number of anilines is 2. The molecular formula is C28H28N4O6. The molecule has 4 rings (SSSR count). The Morgan fingerprint density at radius 3 is 2.24 bits per heavy atom. The molecule has 0 aromatic heterocycles. The first kappa shape index (κ1) is 26.4. The Labute approximate surface area is 220 Å². The maximum absolute atomic E-state index is 13.4. The summed E-state index contributed by atoms with van der Waals surface area (Å²) in [5.41, 5.74) is 8.33. The maximum Gasteiger partial charge on any atom is 0.355 e. The zero-order valence-corrected chi connectivity index (χ0v) is 21.4. The van der Waals surface area contributed by atoms with E-state index in [0.29, 0.717) is 48.8 Å². The quantitative estimate of drug-likeness (QED) is 0.451. The van der Waals surface area contributed by atoms with Crippen LogP contribution in [0.3, 0.4) is 0 Å². The van der Waals surface area contributed by atoms with Gasteiger partial charge in [-0.25, -0.2) is 9.59 Å². The Bertz CT molecular complexity index is 1370. The third-order valence-corrected chi connectivity index (χ3v) is 6.58. The molecule has 2 N–H and O–H groups in total. The van der Waals surface area contributed by atoms with E-state index in [-0.39, 0.29) is 28.4 Å². The van der Waals surface area contributed by atoms with Crippen molar-refractivity contribution < 1.29 is 28.6 Å². The van der Waals surface area contributed by atoms with Crippen molar-refractivity contribution in [2.75, 3.05) is 50.3 Å². The van der Waals surface area contributed by atoms with E-state index < -0.39 is 17.9 Å². The second-order valence-corrected chi connectivity index (χ2v) is 8.69. The molecule has 1 atom stereocenters. The van der Waals surface area contributed by atoms with Crippen LogP contribution in [0.5, 0.6) is 0 Å². The Hall–Kier alpha value is -4.62. The third-order valence-electron chi connectivity index (χ3n) is 6.58. The zero-order chi connectivity index (χ0) is 27.4. The molecule has 2 aliphatic heterocycles. The molecule has 2 aliphatic rings. The molecule has 2 aromatic carbocycles. The molecule has 0 amide bonds. The lowest BCUT2D eigenvalue weighted by Gasteiger charge is -2.39. The Morgan fingerprint density at radius 2 is 1.66 bits per heavy atom. The summed E-state index contributed by atoms with van der Waals surface area (Å²) in [5, 5.41) is 10.3. The highest BCUT2D eigenvalue weighted by Crippen LogP contribution is 2.45. The maximum atomic E-state index is 13.4. The summed E-state index contributed by atoms with van der Waals surface area (Å²) in [6.45, 7) is 3.47. The summed E-state index contributed by atoms with van der Waals surface area (Å²) in [7, 11) is 2.38. The van der Waals surface area contributed by atoms with Crippen LogP contribution in [0, 0.1) is 11.3 Å². The number of nitrogens with two attached hydrogens (primary N) is 1. The van der Waals surface area contributed by atoms with Crippen molar-refractivity contribution in [3.05, 3.63) is 82.3 Å². The standard InChI is InChI=1S/C28H28N4O6/c1-17(33)19-9-10-21(31-11-13-38-14-12-31)22(15-19)32-25(28(35)37-3)24(27(34)36-2)23(20(16-29)26(32)30)18-7-5-4-6-8-18/h4-10,15,23H,11-14,30H2,1-3H3. The van der Waals surface area contributed by atoms with Gasteiger partial charge in [-0.15, -0.1) is 0 Å². The highest BCUT2D eigenvalue weighted by Gasteiger charge is 2.43. The molecule has 2 heterocycles. The molecule has 0 saturated carbocycles. The third kappa shape index (κ3) is 4.71. The Balaban J connectivity index is 2.09. The fourth-order valence-corrected chi connectivity index (χ4v) is 4.76. The van der Waals surface area contributed by atoms with Crippen LogP contribution in [-0.4, -0.2) is 58.2 Å². The van der Waals surface area contributed by atoms with Gasteiger partial charge in [0.15, 0.2) is 5.78 Å². The molecular weight excluding hydrogens is 488 g/mol. The SMILES string of the molecule is COC(=O)C1=C(C(=O)OC)N(c2cc(C(C)=O)ccc2N2CCOCC2)C(N)=C(C#N)C1c1ccccc1. The molecule has 10 nitrogen and oxygen atoms in total. The van der Waals surface area contributed by atoms with Crippen molar-refractivity contribution in [3.63, 3.8) is 0 Å². The molecule has 0 aliphatic carbocycles. The summed E-state index contributed by atoms with van der Waals surface area (Å²) in [6.07, 6.45) is 0. The second kappa shape index (κ2) is 11.2. The van der Waals surface area contributed by atoms with Gasteiger partial charge in [0.2, 0.25) is 0 Å². The van der Waals surface area contributed by atoms with Gasteiger partial charge in [-0.1, -0.05) is 30.3 Å². The number of nitrogens with zero attached hydrogens (tertiary/aromatic N) is 3. The minimum Gasteiger partial charge on any atom is -0.466 e. The van der Waals surface area contributed by atoms with Crippen molar-refractivity contribution >= 4 is 29.1 Å². The van der Waals surface area contributed by atoms with E-state index in [1.54, 1.807) is 48.5 Å². The van der Waals surface area contributed by atoms with Crippen molar-refractivity contribution in [1.29, 1.82) is 5.26 Å². The number of allylic oxidation sites excluding steroid dienone is 1. The number of hydrogen-bond acceptors (Lipinski definition) is 10. The van der Waals surface area contributed by atoms with Crippen molar-refractivity contribution in [1.82, 2.24) is 0 Å². The van der Waals surface area contributed by atoms with Gasteiger partial charge in [0, 0.05) is 18.7 Å². The normalized spacial score (nSPS) is 17.7. The fourth-order valence-electron chi connectivity index (χ4n) is 4.76. The van der Waals surface area contributed by atoms with Crippen LogP contribution in [0.1, 0.15) is 28.8 Å². The number of ether oxygens (including phenoxy) is 3. The van der Waals surface area contributed by atoms with Crippen LogP contribution in [-0.2, 0) is 23.8 Å². The van der Waals surface area contributed by atoms with E-state index in [0.717, 1.165) is 0 Å². The second-order valence-electron chi connectivity index (χ2n) is 8.69. The smallest absolute Gasteiger partial charge is 0.355 e. The monoisotopic (exact) mass is 516 g/mol. The van der Waals surface area contributed by atoms with Crippen LogP contribution in [0.2, 0.25) is 0 Å². The minimum atomic E-state index is -0.984. The molecule has 2 aromatic rings. The molecule has 1 saturated heterocycles. The predicted molar refractivity (Wildman–Crippen MR) is 139 cm³/mol. The first-order valence-electron chi connectivity index (χ1n) is 12.0. The van der Waals surface area contributed by atoms with Gasteiger partial charge >= 0.3 is 11.9 Å².